The van der Waals surface area contributed by atoms with Gasteiger partial charge < -0.3 is 4.98 Å². The summed E-state index contributed by atoms with van der Waals surface area (Å²) in [5.74, 6) is 0. The Kier molecular flexibility index (Phi) is 2.42. The van der Waals surface area contributed by atoms with Crippen molar-refractivity contribution in [2.75, 3.05) is 0 Å². The van der Waals surface area contributed by atoms with Crippen LogP contribution in [0, 0.1) is 0 Å². The lowest BCUT2D eigenvalue weighted by Gasteiger charge is -2.04. The van der Waals surface area contributed by atoms with Crippen molar-refractivity contribution in [1.29, 1.82) is 0 Å². The molecular weight excluding hydrogens is 242 g/mol. The van der Waals surface area contributed by atoms with Gasteiger partial charge in [-0.1, -0.05) is 19.1 Å². The van der Waals surface area contributed by atoms with Crippen LogP contribution in [-0.2, 0) is 6.42 Å². The third-order valence-electron chi connectivity index (χ3n) is 2.35. The Morgan fingerprint density at radius 2 is 2.21 bits per heavy atom. The molecule has 0 saturated heterocycles. The molecule has 0 aliphatic rings. The minimum atomic E-state index is -0.0373. The van der Waals surface area contributed by atoms with Crippen LogP contribution < -0.4 is 5.56 Å². The topological polar surface area (TPSA) is 32.9 Å². The Labute approximate surface area is 90.1 Å². The monoisotopic (exact) mass is 251 g/mol. The molecule has 0 radical (unpaired) electrons. The van der Waals surface area contributed by atoms with Gasteiger partial charge in [-0.25, -0.2) is 0 Å². The highest BCUT2D eigenvalue weighted by atomic mass is 79.9. The number of rotatable bonds is 1. The van der Waals surface area contributed by atoms with Crippen molar-refractivity contribution in [3.63, 3.8) is 0 Å². The quantitative estimate of drug-likeness (QED) is 0.831. The lowest BCUT2D eigenvalue weighted by Crippen LogP contribution is -2.07. The van der Waals surface area contributed by atoms with E-state index in [2.05, 4.69) is 27.8 Å². The van der Waals surface area contributed by atoms with E-state index in [0.717, 1.165) is 21.7 Å². The van der Waals surface area contributed by atoms with Crippen LogP contribution in [0.3, 0.4) is 0 Å². The minimum absolute atomic E-state index is 0.0373. The normalized spacial score (nSPS) is 10.7. The Bertz CT molecular complexity index is 530. The second kappa shape index (κ2) is 3.58. The van der Waals surface area contributed by atoms with Crippen LogP contribution in [0.2, 0.25) is 0 Å². The maximum Gasteiger partial charge on any atom is 0.256 e. The molecule has 0 unspecified atom stereocenters. The smallest absolute Gasteiger partial charge is 0.256 e. The number of pyridine rings is 1. The van der Waals surface area contributed by atoms with Gasteiger partial charge >= 0.3 is 0 Å². The van der Waals surface area contributed by atoms with E-state index in [4.69, 9.17) is 0 Å². The Morgan fingerprint density at radius 1 is 1.43 bits per heavy atom. The maximum absolute atomic E-state index is 11.6. The summed E-state index contributed by atoms with van der Waals surface area (Å²) in [5.41, 5.74) is 1.13. The zero-order chi connectivity index (χ0) is 10.1. The van der Waals surface area contributed by atoms with Crippen molar-refractivity contribution in [3.8, 4) is 0 Å². The fraction of sp³-hybridized carbons (Fsp3) is 0.182. The first-order valence-corrected chi connectivity index (χ1v) is 5.32. The molecule has 2 nitrogen and oxygen atoms in total. The van der Waals surface area contributed by atoms with Crippen LogP contribution in [-0.4, -0.2) is 4.98 Å². The second-order valence-corrected chi connectivity index (χ2v) is 4.01. The average Bonchev–Trinajstić information content (AvgIpc) is 2.18. The SMILES string of the molecule is CCc1c[nH]c(=O)c2c(Br)cccc12. The number of aromatic amines is 1. The van der Waals surface area contributed by atoms with Gasteiger partial charge in [0.2, 0.25) is 0 Å². The molecule has 3 heteroatoms. The second-order valence-electron chi connectivity index (χ2n) is 3.16. The Morgan fingerprint density at radius 3 is 2.93 bits per heavy atom. The van der Waals surface area contributed by atoms with Crippen LogP contribution in [0.15, 0.2) is 33.7 Å². The third kappa shape index (κ3) is 1.38. The molecule has 1 heterocycles. The molecule has 0 atom stereocenters. The van der Waals surface area contributed by atoms with Crippen molar-refractivity contribution in [3.05, 3.63) is 44.8 Å². The first-order chi connectivity index (χ1) is 6.74. The number of H-pyrrole nitrogens is 1. The lowest BCUT2D eigenvalue weighted by molar-refractivity contribution is 1.11. The fourth-order valence-electron chi connectivity index (χ4n) is 1.62. The fourth-order valence-corrected chi connectivity index (χ4v) is 2.16. The van der Waals surface area contributed by atoms with E-state index in [1.165, 1.54) is 5.56 Å². The van der Waals surface area contributed by atoms with Crippen molar-refractivity contribution < 1.29 is 0 Å². The summed E-state index contributed by atoms with van der Waals surface area (Å²) in [4.78, 5) is 14.3. The molecule has 72 valence electrons. The summed E-state index contributed by atoms with van der Waals surface area (Å²) in [5, 5.41) is 1.78. The molecule has 1 N–H and O–H groups in total. The molecule has 0 aliphatic carbocycles. The summed E-state index contributed by atoms with van der Waals surface area (Å²) >= 11 is 3.39. The summed E-state index contributed by atoms with van der Waals surface area (Å²) < 4.78 is 0.853. The third-order valence-corrected chi connectivity index (χ3v) is 3.01. The average molecular weight is 252 g/mol. The number of fused-ring (bicyclic) bond motifs is 1. The van der Waals surface area contributed by atoms with Crippen molar-refractivity contribution in [2.24, 2.45) is 0 Å². The van der Waals surface area contributed by atoms with Crippen LogP contribution in [0.4, 0.5) is 0 Å². The van der Waals surface area contributed by atoms with Gasteiger partial charge in [-0.05, 0) is 39.4 Å². The minimum Gasteiger partial charge on any atom is -0.328 e. The number of halogens is 1. The first-order valence-electron chi connectivity index (χ1n) is 4.53. The molecule has 0 saturated carbocycles. The number of nitrogens with one attached hydrogen (secondary N) is 1. The molecule has 2 rings (SSSR count). The summed E-state index contributed by atoms with van der Waals surface area (Å²) in [6.07, 6.45) is 2.71. The molecule has 0 aliphatic heterocycles. The molecule has 0 amide bonds. The highest BCUT2D eigenvalue weighted by molar-refractivity contribution is 9.10. The van der Waals surface area contributed by atoms with E-state index >= 15 is 0 Å². The van der Waals surface area contributed by atoms with Crippen LogP contribution in [0.25, 0.3) is 10.8 Å². The van der Waals surface area contributed by atoms with Gasteiger partial charge in [0.1, 0.15) is 0 Å². The van der Waals surface area contributed by atoms with Crippen molar-refractivity contribution >= 4 is 26.7 Å². The van der Waals surface area contributed by atoms with E-state index in [0.29, 0.717) is 0 Å². The number of hydrogen-bond acceptors (Lipinski definition) is 1. The molecule has 1 aromatic heterocycles. The predicted octanol–water partition coefficient (Wildman–Crippen LogP) is 2.85. The largest absolute Gasteiger partial charge is 0.328 e. The molecule has 14 heavy (non-hydrogen) atoms. The van der Waals surface area contributed by atoms with Gasteiger partial charge in [0.15, 0.2) is 0 Å². The summed E-state index contributed by atoms with van der Waals surface area (Å²) in [6.45, 7) is 2.08. The van der Waals surface area contributed by atoms with Gasteiger partial charge in [0.05, 0.1) is 5.39 Å². The molecule has 0 fully saturated rings. The molecule has 0 spiro atoms. The number of aromatic nitrogens is 1. The first kappa shape index (κ1) is 9.46. The van der Waals surface area contributed by atoms with Crippen molar-refractivity contribution in [1.82, 2.24) is 4.98 Å². The zero-order valence-electron chi connectivity index (χ0n) is 7.80. The van der Waals surface area contributed by atoms with Crippen LogP contribution >= 0.6 is 15.9 Å². The van der Waals surface area contributed by atoms with E-state index in [1.807, 2.05) is 18.2 Å². The van der Waals surface area contributed by atoms with Gasteiger partial charge in [-0.2, -0.15) is 0 Å². The Hall–Kier alpha value is -1.09. The molecular formula is C11H10BrNO. The number of aryl methyl sites for hydroxylation is 1. The predicted molar refractivity (Wildman–Crippen MR) is 61.6 cm³/mol. The van der Waals surface area contributed by atoms with Gasteiger partial charge in [-0.3, -0.25) is 4.79 Å². The van der Waals surface area contributed by atoms with Crippen LogP contribution in [0.1, 0.15) is 12.5 Å². The molecule has 2 aromatic rings. The van der Waals surface area contributed by atoms with E-state index in [9.17, 15) is 4.79 Å². The summed E-state index contributed by atoms with van der Waals surface area (Å²) in [7, 11) is 0. The lowest BCUT2D eigenvalue weighted by atomic mass is 10.1. The zero-order valence-corrected chi connectivity index (χ0v) is 9.39. The summed E-state index contributed by atoms with van der Waals surface area (Å²) in [6, 6.07) is 5.82. The van der Waals surface area contributed by atoms with Gasteiger partial charge in [0, 0.05) is 10.7 Å². The Balaban J connectivity index is 2.99. The number of benzene rings is 1. The van der Waals surface area contributed by atoms with Gasteiger partial charge in [0.25, 0.3) is 5.56 Å². The van der Waals surface area contributed by atoms with E-state index < -0.39 is 0 Å². The van der Waals surface area contributed by atoms with Gasteiger partial charge in [-0.15, -0.1) is 0 Å². The molecule has 0 bridgehead atoms. The maximum atomic E-state index is 11.6. The van der Waals surface area contributed by atoms with Crippen LogP contribution in [0.5, 0.6) is 0 Å². The number of hydrogen-bond donors (Lipinski definition) is 1. The standard InChI is InChI=1S/C11H10BrNO/c1-2-7-6-13-11(14)10-8(7)4-3-5-9(10)12/h3-6H,2H2,1H3,(H,13,14). The van der Waals surface area contributed by atoms with Crippen molar-refractivity contribution in [2.45, 2.75) is 13.3 Å². The van der Waals surface area contributed by atoms with E-state index in [-0.39, 0.29) is 5.56 Å². The van der Waals surface area contributed by atoms with E-state index in [1.54, 1.807) is 6.20 Å². The highest BCUT2D eigenvalue weighted by Gasteiger charge is 2.05. The highest BCUT2D eigenvalue weighted by Crippen LogP contribution is 2.22. The molecule has 1 aromatic carbocycles.